The van der Waals surface area contributed by atoms with E-state index in [0.29, 0.717) is 5.02 Å². The molecule has 39 heavy (non-hydrogen) atoms. The minimum absolute atomic E-state index is 0.0339. The molecule has 0 radical (unpaired) electrons. The van der Waals surface area contributed by atoms with Crippen molar-refractivity contribution in [2.24, 2.45) is 0 Å². The molecule has 0 fully saturated rings. The Kier molecular flexibility index (Phi) is 9.85. The Labute approximate surface area is 244 Å². The highest BCUT2D eigenvalue weighted by Gasteiger charge is 2.33. The van der Waals surface area contributed by atoms with E-state index in [9.17, 15) is 18.0 Å². The van der Waals surface area contributed by atoms with Crippen molar-refractivity contribution in [2.45, 2.75) is 57.6 Å². The van der Waals surface area contributed by atoms with Gasteiger partial charge < -0.3 is 10.2 Å². The molecule has 3 rings (SSSR count). The van der Waals surface area contributed by atoms with Gasteiger partial charge in [-0.2, -0.15) is 0 Å². The SMILES string of the molecule is Cc1ccc(N(CC(=O)N(Cc2cccc(Br)c2)C(C)C(=O)NC(C)(C)C)S(=O)(=O)c2ccccc2)cc1Cl. The van der Waals surface area contributed by atoms with E-state index in [0.717, 1.165) is 19.9 Å². The zero-order valence-corrected chi connectivity index (χ0v) is 25.8. The van der Waals surface area contributed by atoms with Gasteiger partial charge in [0.1, 0.15) is 12.6 Å². The van der Waals surface area contributed by atoms with Crippen molar-refractivity contribution in [3.8, 4) is 0 Å². The van der Waals surface area contributed by atoms with Gasteiger partial charge in [-0.3, -0.25) is 13.9 Å². The maximum atomic E-state index is 14.0. The topological polar surface area (TPSA) is 86.8 Å². The molecule has 0 aromatic heterocycles. The van der Waals surface area contributed by atoms with Gasteiger partial charge in [0.2, 0.25) is 11.8 Å². The van der Waals surface area contributed by atoms with Crippen LogP contribution in [-0.4, -0.2) is 43.3 Å². The number of rotatable bonds is 9. The smallest absolute Gasteiger partial charge is 0.264 e. The van der Waals surface area contributed by atoms with Crippen molar-refractivity contribution in [3.05, 3.63) is 93.4 Å². The largest absolute Gasteiger partial charge is 0.350 e. The number of sulfonamides is 1. The summed E-state index contributed by atoms with van der Waals surface area (Å²) in [5.41, 5.74) is 1.28. The number of carbonyl (C=O) groups is 2. The maximum absolute atomic E-state index is 14.0. The van der Waals surface area contributed by atoms with Crippen molar-refractivity contribution in [1.82, 2.24) is 10.2 Å². The molecule has 0 aliphatic rings. The number of halogens is 2. The van der Waals surface area contributed by atoms with Crippen LogP contribution in [0.4, 0.5) is 5.69 Å². The third-order valence-corrected chi connectivity index (χ3v) is 8.65. The summed E-state index contributed by atoms with van der Waals surface area (Å²) < 4.78 is 29.5. The summed E-state index contributed by atoms with van der Waals surface area (Å²) in [4.78, 5) is 28.5. The average Bonchev–Trinajstić information content (AvgIpc) is 2.86. The van der Waals surface area contributed by atoms with Crippen LogP contribution in [0.25, 0.3) is 0 Å². The van der Waals surface area contributed by atoms with E-state index < -0.39 is 34.1 Å². The van der Waals surface area contributed by atoms with Gasteiger partial charge >= 0.3 is 0 Å². The van der Waals surface area contributed by atoms with Crippen molar-refractivity contribution >= 4 is 55.1 Å². The Balaban J connectivity index is 2.05. The molecule has 0 aliphatic heterocycles. The normalized spacial score (nSPS) is 12.5. The minimum Gasteiger partial charge on any atom is -0.350 e. The summed E-state index contributed by atoms with van der Waals surface area (Å²) in [5.74, 6) is -0.885. The molecule has 10 heteroatoms. The highest BCUT2D eigenvalue weighted by molar-refractivity contribution is 9.10. The zero-order valence-electron chi connectivity index (χ0n) is 22.6. The molecule has 3 aromatic carbocycles. The van der Waals surface area contributed by atoms with Crippen LogP contribution in [0, 0.1) is 6.92 Å². The van der Waals surface area contributed by atoms with Crippen LogP contribution < -0.4 is 9.62 Å². The second-order valence-corrected chi connectivity index (χ2v) is 13.5. The number of nitrogens with zero attached hydrogens (tertiary/aromatic N) is 2. The third kappa shape index (κ3) is 8.06. The van der Waals surface area contributed by atoms with Gasteiger partial charge in [-0.25, -0.2) is 8.42 Å². The van der Waals surface area contributed by atoms with Crippen LogP contribution in [0.3, 0.4) is 0 Å². The molecule has 1 N–H and O–H groups in total. The molecule has 1 atom stereocenters. The quantitative estimate of drug-likeness (QED) is 0.316. The van der Waals surface area contributed by atoms with Crippen LogP contribution in [0.2, 0.25) is 5.02 Å². The summed E-state index contributed by atoms with van der Waals surface area (Å²) >= 11 is 9.80. The number of aryl methyl sites for hydroxylation is 1. The lowest BCUT2D eigenvalue weighted by Gasteiger charge is -2.33. The maximum Gasteiger partial charge on any atom is 0.264 e. The van der Waals surface area contributed by atoms with E-state index in [2.05, 4.69) is 21.2 Å². The lowest BCUT2D eigenvalue weighted by Crippen LogP contribution is -2.54. The van der Waals surface area contributed by atoms with E-state index >= 15 is 0 Å². The summed E-state index contributed by atoms with van der Waals surface area (Å²) in [6.07, 6.45) is 0. The molecule has 0 heterocycles. The fraction of sp³-hybridized carbons (Fsp3) is 0.310. The molecular formula is C29H33BrClN3O4S. The first-order valence-corrected chi connectivity index (χ1v) is 15.0. The second kappa shape index (κ2) is 12.5. The van der Waals surface area contributed by atoms with Gasteiger partial charge in [0.15, 0.2) is 0 Å². The van der Waals surface area contributed by atoms with Crippen molar-refractivity contribution in [3.63, 3.8) is 0 Å². The lowest BCUT2D eigenvalue weighted by atomic mass is 10.1. The molecule has 0 bridgehead atoms. The van der Waals surface area contributed by atoms with Gasteiger partial charge in [-0.15, -0.1) is 0 Å². The highest BCUT2D eigenvalue weighted by Crippen LogP contribution is 2.28. The molecule has 0 saturated carbocycles. The fourth-order valence-electron chi connectivity index (χ4n) is 3.87. The first-order valence-electron chi connectivity index (χ1n) is 12.4. The molecule has 3 aromatic rings. The number of hydrogen-bond donors (Lipinski definition) is 1. The highest BCUT2D eigenvalue weighted by atomic mass is 79.9. The van der Waals surface area contributed by atoms with Crippen molar-refractivity contribution in [1.29, 1.82) is 0 Å². The van der Waals surface area contributed by atoms with Crippen LogP contribution in [0.5, 0.6) is 0 Å². The van der Waals surface area contributed by atoms with Gasteiger partial charge in [0.05, 0.1) is 10.6 Å². The van der Waals surface area contributed by atoms with Gasteiger partial charge in [0.25, 0.3) is 10.0 Å². The van der Waals surface area contributed by atoms with Crippen LogP contribution in [-0.2, 0) is 26.2 Å². The van der Waals surface area contributed by atoms with E-state index in [1.807, 2.05) is 52.0 Å². The number of benzene rings is 3. The van der Waals surface area contributed by atoms with E-state index in [-0.39, 0.29) is 23.0 Å². The Morgan fingerprint density at radius 2 is 1.67 bits per heavy atom. The summed E-state index contributed by atoms with van der Waals surface area (Å²) in [6.45, 7) is 8.58. The average molecular weight is 635 g/mol. The number of hydrogen-bond acceptors (Lipinski definition) is 4. The van der Waals surface area contributed by atoms with E-state index in [4.69, 9.17) is 11.6 Å². The predicted molar refractivity (Wildman–Crippen MR) is 159 cm³/mol. The zero-order chi connectivity index (χ0) is 29.0. The molecule has 1 unspecified atom stereocenters. The van der Waals surface area contributed by atoms with Crippen LogP contribution in [0.1, 0.15) is 38.8 Å². The number of amides is 2. The van der Waals surface area contributed by atoms with E-state index in [1.165, 1.54) is 23.1 Å². The summed E-state index contributed by atoms with van der Waals surface area (Å²) in [6, 6.07) is 19.3. The molecular weight excluding hydrogens is 602 g/mol. The third-order valence-electron chi connectivity index (χ3n) is 5.96. The first-order chi connectivity index (χ1) is 18.2. The standard InChI is InChI=1S/C29H33BrClN3O4S/c1-20-14-15-24(17-26(20)31)34(39(37,38)25-12-7-6-8-13-25)19-27(35)33(18-22-10-9-11-23(30)16-22)21(2)28(36)32-29(3,4)5/h6-17,21H,18-19H2,1-5H3,(H,32,36). The summed E-state index contributed by atoms with van der Waals surface area (Å²) in [5, 5.41) is 3.29. The minimum atomic E-state index is -4.15. The molecule has 0 spiro atoms. The monoisotopic (exact) mass is 633 g/mol. The fourth-order valence-corrected chi connectivity index (χ4v) is 5.92. The molecule has 0 aliphatic carbocycles. The van der Waals surface area contributed by atoms with E-state index in [1.54, 1.807) is 37.3 Å². The molecule has 2 amide bonds. The Morgan fingerprint density at radius 3 is 2.26 bits per heavy atom. The molecule has 208 valence electrons. The summed E-state index contributed by atoms with van der Waals surface area (Å²) in [7, 11) is -4.15. The van der Waals surface area contributed by atoms with Crippen LogP contribution >= 0.6 is 27.5 Å². The number of nitrogens with one attached hydrogen (secondary N) is 1. The molecule has 7 nitrogen and oxygen atoms in total. The van der Waals surface area contributed by atoms with Crippen molar-refractivity contribution < 1.29 is 18.0 Å². The number of carbonyl (C=O) groups excluding carboxylic acids is 2. The van der Waals surface area contributed by atoms with Crippen LogP contribution in [0.15, 0.2) is 82.2 Å². The molecule has 0 saturated heterocycles. The van der Waals surface area contributed by atoms with Gasteiger partial charge in [-0.05, 0) is 82.1 Å². The van der Waals surface area contributed by atoms with Gasteiger partial charge in [0, 0.05) is 21.6 Å². The Hall–Kier alpha value is -2.88. The Bertz CT molecular complexity index is 1440. The van der Waals surface area contributed by atoms with Gasteiger partial charge in [-0.1, -0.05) is 63.9 Å². The predicted octanol–water partition coefficient (Wildman–Crippen LogP) is 5.94. The lowest BCUT2D eigenvalue weighted by molar-refractivity contribution is -0.140. The van der Waals surface area contributed by atoms with Crippen molar-refractivity contribution in [2.75, 3.05) is 10.8 Å². The first kappa shape index (κ1) is 30.7. The second-order valence-electron chi connectivity index (χ2n) is 10.3. The Morgan fingerprint density at radius 1 is 1.00 bits per heavy atom. The number of anilines is 1.